The number of anilines is 1. The second kappa shape index (κ2) is 8.34. The fraction of sp³-hybridized carbons (Fsp3) is 0.222. The van der Waals surface area contributed by atoms with Crippen molar-refractivity contribution in [3.8, 4) is 0 Å². The lowest BCUT2D eigenvalue weighted by Gasteiger charge is -2.09. The van der Waals surface area contributed by atoms with Gasteiger partial charge in [-0.3, -0.25) is 9.59 Å². The van der Waals surface area contributed by atoms with Gasteiger partial charge in [-0.1, -0.05) is 42.8 Å². The molecule has 2 amide bonds. The summed E-state index contributed by atoms with van der Waals surface area (Å²) in [4.78, 5) is 24.1. The summed E-state index contributed by atoms with van der Waals surface area (Å²) in [5.41, 5.74) is 1.88. The molecule has 0 unspecified atom stereocenters. The van der Waals surface area contributed by atoms with E-state index in [0.717, 1.165) is 12.0 Å². The second-order valence-corrected chi connectivity index (χ2v) is 5.56. The Morgan fingerprint density at radius 2 is 1.87 bits per heavy atom. The maximum atomic E-state index is 12.1. The van der Waals surface area contributed by atoms with Gasteiger partial charge in [-0.15, -0.1) is 0 Å². The maximum absolute atomic E-state index is 12.1. The van der Waals surface area contributed by atoms with Crippen LogP contribution in [-0.2, 0) is 11.2 Å². The van der Waals surface area contributed by atoms with Crippen molar-refractivity contribution in [1.29, 1.82) is 0 Å². The van der Waals surface area contributed by atoms with Crippen LogP contribution < -0.4 is 10.6 Å². The summed E-state index contributed by atoms with van der Waals surface area (Å²) in [7, 11) is 0. The zero-order valence-corrected chi connectivity index (χ0v) is 13.7. The Morgan fingerprint density at radius 1 is 1.09 bits per heavy atom. The molecule has 2 aromatic rings. The Kier molecular flexibility index (Phi) is 6.18. The van der Waals surface area contributed by atoms with Crippen molar-refractivity contribution >= 4 is 29.1 Å². The van der Waals surface area contributed by atoms with Crippen LogP contribution in [0, 0.1) is 0 Å². The van der Waals surface area contributed by atoms with Gasteiger partial charge in [-0.2, -0.15) is 0 Å². The molecule has 0 spiro atoms. The largest absolute Gasteiger partial charge is 0.352 e. The fourth-order valence-corrected chi connectivity index (χ4v) is 2.30. The number of amides is 2. The molecule has 0 saturated carbocycles. The fourth-order valence-electron chi connectivity index (χ4n) is 2.10. The average Bonchev–Trinajstić information content (AvgIpc) is 2.55. The van der Waals surface area contributed by atoms with Crippen LogP contribution in [-0.4, -0.2) is 18.4 Å². The second-order valence-electron chi connectivity index (χ2n) is 5.15. The van der Waals surface area contributed by atoms with Crippen LogP contribution in [0.5, 0.6) is 0 Å². The topological polar surface area (TPSA) is 58.2 Å². The number of carbonyl (C=O) groups excluding carboxylic acids is 2. The van der Waals surface area contributed by atoms with Crippen molar-refractivity contribution in [2.24, 2.45) is 0 Å². The molecular weight excluding hydrogens is 312 g/mol. The smallest absolute Gasteiger partial charge is 0.251 e. The first-order valence-electron chi connectivity index (χ1n) is 7.51. The Hall–Kier alpha value is -2.33. The maximum Gasteiger partial charge on any atom is 0.251 e. The van der Waals surface area contributed by atoms with E-state index in [-0.39, 0.29) is 18.2 Å². The standard InChI is InChI=1S/C18H19ClN2O2/c1-2-10-20-18(23)14-7-5-8-15(11-14)21-17(22)12-13-6-3-4-9-16(13)19/h3-9,11H,2,10,12H2,1H3,(H,20,23)(H,21,22). The lowest BCUT2D eigenvalue weighted by atomic mass is 10.1. The molecule has 2 rings (SSSR count). The van der Waals surface area contributed by atoms with E-state index in [1.807, 2.05) is 25.1 Å². The average molecular weight is 331 g/mol. The number of hydrogen-bond acceptors (Lipinski definition) is 2. The normalized spacial score (nSPS) is 10.2. The van der Waals surface area contributed by atoms with Crippen LogP contribution >= 0.6 is 11.6 Å². The molecule has 0 saturated heterocycles. The Balaban J connectivity index is 2.01. The van der Waals surface area contributed by atoms with Crippen LogP contribution in [0.4, 0.5) is 5.69 Å². The zero-order valence-electron chi connectivity index (χ0n) is 12.9. The lowest BCUT2D eigenvalue weighted by molar-refractivity contribution is -0.115. The van der Waals surface area contributed by atoms with Gasteiger partial charge in [0, 0.05) is 22.8 Å². The van der Waals surface area contributed by atoms with Crippen molar-refractivity contribution < 1.29 is 9.59 Å². The minimum absolute atomic E-state index is 0.144. The van der Waals surface area contributed by atoms with E-state index in [2.05, 4.69) is 10.6 Å². The van der Waals surface area contributed by atoms with Crippen LogP contribution in [0.2, 0.25) is 5.02 Å². The van der Waals surface area contributed by atoms with Crippen LogP contribution in [0.25, 0.3) is 0 Å². The predicted molar refractivity (Wildman–Crippen MR) is 92.9 cm³/mol. The van der Waals surface area contributed by atoms with Gasteiger partial charge in [0.15, 0.2) is 0 Å². The first kappa shape index (κ1) is 17.0. The molecule has 0 bridgehead atoms. The molecule has 120 valence electrons. The van der Waals surface area contributed by atoms with Crippen LogP contribution in [0.15, 0.2) is 48.5 Å². The summed E-state index contributed by atoms with van der Waals surface area (Å²) in [6.45, 7) is 2.62. The zero-order chi connectivity index (χ0) is 16.7. The number of halogens is 1. The molecule has 4 nitrogen and oxygen atoms in total. The third-order valence-electron chi connectivity index (χ3n) is 3.25. The van der Waals surface area contributed by atoms with Gasteiger partial charge >= 0.3 is 0 Å². The van der Waals surface area contributed by atoms with E-state index in [0.29, 0.717) is 22.8 Å². The van der Waals surface area contributed by atoms with Gasteiger partial charge in [-0.05, 0) is 36.2 Å². The Labute approximate surface area is 140 Å². The Bertz CT molecular complexity index is 701. The van der Waals surface area contributed by atoms with E-state index in [4.69, 9.17) is 11.6 Å². The van der Waals surface area contributed by atoms with Gasteiger partial charge in [0.1, 0.15) is 0 Å². The van der Waals surface area contributed by atoms with Gasteiger partial charge < -0.3 is 10.6 Å². The molecular formula is C18H19ClN2O2. The molecule has 5 heteroatoms. The van der Waals surface area contributed by atoms with Crippen LogP contribution in [0.3, 0.4) is 0 Å². The first-order chi connectivity index (χ1) is 11.1. The molecule has 0 atom stereocenters. The summed E-state index contributed by atoms with van der Waals surface area (Å²) in [6, 6.07) is 14.1. The third kappa shape index (κ3) is 5.11. The van der Waals surface area contributed by atoms with Gasteiger partial charge in [0.05, 0.1) is 6.42 Å². The molecule has 0 aliphatic heterocycles. The Morgan fingerprint density at radius 3 is 2.61 bits per heavy atom. The molecule has 0 aliphatic carbocycles. The first-order valence-corrected chi connectivity index (χ1v) is 7.89. The van der Waals surface area contributed by atoms with Crippen molar-refractivity contribution in [3.63, 3.8) is 0 Å². The number of rotatable bonds is 6. The minimum Gasteiger partial charge on any atom is -0.352 e. The van der Waals surface area contributed by atoms with E-state index >= 15 is 0 Å². The SMILES string of the molecule is CCCNC(=O)c1cccc(NC(=O)Cc2ccccc2Cl)c1. The summed E-state index contributed by atoms with van der Waals surface area (Å²) in [5.74, 6) is -0.321. The minimum atomic E-state index is -0.177. The van der Waals surface area contributed by atoms with Gasteiger partial charge in [-0.25, -0.2) is 0 Å². The summed E-state index contributed by atoms with van der Waals surface area (Å²) >= 11 is 6.05. The summed E-state index contributed by atoms with van der Waals surface area (Å²) < 4.78 is 0. The highest BCUT2D eigenvalue weighted by molar-refractivity contribution is 6.31. The summed E-state index contributed by atoms with van der Waals surface area (Å²) in [6.07, 6.45) is 1.06. The van der Waals surface area contributed by atoms with Crippen LogP contribution in [0.1, 0.15) is 29.3 Å². The van der Waals surface area contributed by atoms with Crippen molar-refractivity contribution in [2.45, 2.75) is 19.8 Å². The molecule has 0 fully saturated rings. The van der Waals surface area contributed by atoms with Crippen molar-refractivity contribution in [1.82, 2.24) is 5.32 Å². The van der Waals surface area contributed by atoms with E-state index in [1.165, 1.54) is 0 Å². The molecule has 0 aromatic heterocycles. The van der Waals surface area contributed by atoms with Gasteiger partial charge in [0.25, 0.3) is 5.91 Å². The lowest BCUT2D eigenvalue weighted by Crippen LogP contribution is -2.24. The highest BCUT2D eigenvalue weighted by Gasteiger charge is 2.09. The molecule has 0 aliphatic rings. The highest BCUT2D eigenvalue weighted by atomic mass is 35.5. The molecule has 2 N–H and O–H groups in total. The predicted octanol–water partition coefficient (Wildman–Crippen LogP) is 3.66. The molecule has 0 radical (unpaired) electrons. The number of benzene rings is 2. The molecule has 0 heterocycles. The number of hydrogen-bond donors (Lipinski definition) is 2. The highest BCUT2D eigenvalue weighted by Crippen LogP contribution is 2.17. The van der Waals surface area contributed by atoms with Crippen molar-refractivity contribution in [3.05, 3.63) is 64.7 Å². The van der Waals surface area contributed by atoms with E-state index in [1.54, 1.807) is 30.3 Å². The van der Waals surface area contributed by atoms with E-state index < -0.39 is 0 Å². The third-order valence-corrected chi connectivity index (χ3v) is 3.62. The van der Waals surface area contributed by atoms with Gasteiger partial charge in [0.2, 0.25) is 5.91 Å². The number of nitrogens with one attached hydrogen (secondary N) is 2. The monoisotopic (exact) mass is 330 g/mol. The number of carbonyl (C=O) groups is 2. The van der Waals surface area contributed by atoms with E-state index in [9.17, 15) is 9.59 Å². The molecule has 2 aromatic carbocycles. The molecule has 23 heavy (non-hydrogen) atoms. The quantitative estimate of drug-likeness (QED) is 0.849. The summed E-state index contributed by atoms with van der Waals surface area (Å²) in [5, 5.41) is 6.16. The van der Waals surface area contributed by atoms with Crippen molar-refractivity contribution in [2.75, 3.05) is 11.9 Å².